The van der Waals surface area contributed by atoms with Crippen LogP contribution in [0.15, 0.2) is 36.4 Å². The Morgan fingerprint density at radius 1 is 0.862 bits per heavy atom. The number of amides is 1. The molecule has 0 aliphatic carbocycles. The Hall–Kier alpha value is -3.42. The molecule has 1 N–H and O–H groups in total. The van der Waals surface area contributed by atoms with Crippen LogP contribution in [0, 0.1) is 0 Å². The molecular formula is C21H25NO7. The number of rotatable bonds is 9. The van der Waals surface area contributed by atoms with Gasteiger partial charge in [-0.3, -0.25) is 4.79 Å². The molecule has 0 unspecified atom stereocenters. The second-order valence-corrected chi connectivity index (χ2v) is 6.23. The summed E-state index contributed by atoms with van der Waals surface area (Å²) in [6.45, 7) is 3.33. The molecule has 8 nitrogen and oxygen atoms in total. The summed E-state index contributed by atoms with van der Waals surface area (Å²) in [6.07, 6.45) is -0.0398. The fourth-order valence-electron chi connectivity index (χ4n) is 2.47. The Morgan fingerprint density at radius 2 is 1.48 bits per heavy atom. The van der Waals surface area contributed by atoms with E-state index in [1.165, 1.54) is 27.4 Å². The van der Waals surface area contributed by atoms with Crippen molar-refractivity contribution in [3.8, 4) is 23.0 Å². The summed E-state index contributed by atoms with van der Waals surface area (Å²) in [6, 6.07) is 9.60. The number of carbonyl (C=O) groups is 2. The molecule has 0 saturated heterocycles. The van der Waals surface area contributed by atoms with Gasteiger partial charge in [-0.1, -0.05) is 0 Å². The van der Waals surface area contributed by atoms with Crippen molar-refractivity contribution in [2.24, 2.45) is 0 Å². The highest BCUT2D eigenvalue weighted by molar-refractivity contribution is 5.96. The van der Waals surface area contributed by atoms with Crippen LogP contribution in [0.4, 0.5) is 5.69 Å². The summed E-state index contributed by atoms with van der Waals surface area (Å²) in [5, 5.41) is 2.63. The first-order chi connectivity index (χ1) is 13.9. The lowest BCUT2D eigenvalue weighted by Gasteiger charge is -2.14. The van der Waals surface area contributed by atoms with Gasteiger partial charge in [-0.25, -0.2) is 4.79 Å². The summed E-state index contributed by atoms with van der Waals surface area (Å²) >= 11 is 0. The molecule has 0 aliphatic heterocycles. The van der Waals surface area contributed by atoms with Gasteiger partial charge in [-0.05, 0) is 44.2 Å². The van der Waals surface area contributed by atoms with Gasteiger partial charge in [0.25, 0.3) is 5.91 Å². The van der Waals surface area contributed by atoms with Crippen LogP contribution in [0.5, 0.6) is 23.0 Å². The molecule has 156 valence electrons. The Morgan fingerprint density at radius 3 is 2.10 bits per heavy atom. The van der Waals surface area contributed by atoms with E-state index in [0.717, 1.165) is 0 Å². The maximum Gasteiger partial charge on any atom is 0.338 e. The van der Waals surface area contributed by atoms with Gasteiger partial charge < -0.3 is 29.0 Å². The maximum atomic E-state index is 12.3. The van der Waals surface area contributed by atoms with E-state index in [4.69, 9.17) is 23.7 Å². The summed E-state index contributed by atoms with van der Waals surface area (Å²) in [5.74, 6) is 0.793. The van der Waals surface area contributed by atoms with E-state index in [-0.39, 0.29) is 11.7 Å². The lowest BCUT2D eigenvalue weighted by atomic mass is 10.2. The first-order valence-electron chi connectivity index (χ1n) is 8.91. The summed E-state index contributed by atoms with van der Waals surface area (Å²) in [7, 11) is 4.50. The number of benzene rings is 2. The lowest BCUT2D eigenvalue weighted by Crippen LogP contribution is -2.21. The maximum absolute atomic E-state index is 12.3. The van der Waals surface area contributed by atoms with Crippen molar-refractivity contribution >= 4 is 17.6 Å². The first-order valence-corrected chi connectivity index (χ1v) is 8.91. The van der Waals surface area contributed by atoms with E-state index >= 15 is 0 Å². The van der Waals surface area contributed by atoms with Gasteiger partial charge in [-0.2, -0.15) is 0 Å². The van der Waals surface area contributed by atoms with Crippen LogP contribution < -0.4 is 24.3 Å². The summed E-state index contributed by atoms with van der Waals surface area (Å²) in [4.78, 5) is 24.3. The molecule has 0 saturated carbocycles. The molecule has 0 spiro atoms. The molecule has 0 heterocycles. The zero-order valence-electron chi connectivity index (χ0n) is 17.1. The minimum atomic E-state index is -0.651. The van der Waals surface area contributed by atoms with E-state index in [9.17, 15) is 9.59 Å². The minimum Gasteiger partial charge on any atom is -0.493 e. The number of carbonyl (C=O) groups excluding carboxylic acids is 2. The average Bonchev–Trinajstić information content (AvgIpc) is 2.71. The number of nitrogens with one attached hydrogen (secondary N) is 1. The van der Waals surface area contributed by atoms with Gasteiger partial charge in [0, 0.05) is 11.8 Å². The highest BCUT2D eigenvalue weighted by atomic mass is 16.5. The van der Waals surface area contributed by atoms with Crippen molar-refractivity contribution in [2.75, 3.05) is 33.3 Å². The monoisotopic (exact) mass is 403 g/mol. The number of esters is 1. The molecule has 0 radical (unpaired) electrons. The van der Waals surface area contributed by atoms with Crippen LogP contribution in [0.25, 0.3) is 0 Å². The van der Waals surface area contributed by atoms with Gasteiger partial charge >= 0.3 is 5.97 Å². The van der Waals surface area contributed by atoms with Crippen molar-refractivity contribution < 1.29 is 33.3 Å². The quantitative estimate of drug-likeness (QED) is 0.642. The van der Waals surface area contributed by atoms with E-state index < -0.39 is 18.5 Å². The fraction of sp³-hybridized carbons (Fsp3) is 0.333. The predicted molar refractivity (Wildman–Crippen MR) is 107 cm³/mol. The molecule has 1 amide bonds. The van der Waals surface area contributed by atoms with Crippen LogP contribution >= 0.6 is 0 Å². The van der Waals surface area contributed by atoms with Crippen LogP contribution in [0.1, 0.15) is 24.2 Å². The molecule has 0 atom stereocenters. The number of hydrogen-bond acceptors (Lipinski definition) is 7. The van der Waals surface area contributed by atoms with Gasteiger partial charge in [0.15, 0.2) is 29.6 Å². The van der Waals surface area contributed by atoms with Gasteiger partial charge in [0.05, 0.1) is 33.0 Å². The molecule has 2 aromatic rings. The third kappa shape index (κ3) is 6.03. The smallest absolute Gasteiger partial charge is 0.338 e. The van der Waals surface area contributed by atoms with Crippen molar-refractivity contribution in [1.29, 1.82) is 0 Å². The molecule has 0 bridgehead atoms. The third-order valence-corrected chi connectivity index (χ3v) is 3.76. The van der Waals surface area contributed by atoms with Crippen LogP contribution in [0.2, 0.25) is 0 Å². The Balaban J connectivity index is 1.97. The zero-order valence-corrected chi connectivity index (χ0v) is 17.1. The van der Waals surface area contributed by atoms with Crippen molar-refractivity contribution in [3.63, 3.8) is 0 Å². The number of methoxy groups -OCH3 is 3. The molecule has 2 aromatic carbocycles. The lowest BCUT2D eigenvalue weighted by molar-refractivity contribution is -0.119. The zero-order chi connectivity index (χ0) is 21.4. The van der Waals surface area contributed by atoms with Crippen molar-refractivity contribution in [2.45, 2.75) is 20.0 Å². The van der Waals surface area contributed by atoms with Crippen LogP contribution in [0.3, 0.4) is 0 Å². The van der Waals surface area contributed by atoms with Gasteiger partial charge in [-0.15, -0.1) is 0 Å². The van der Waals surface area contributed by atoms with Gasteiger partial charge in [0.1, 0.15) is 0 Å². The number of anilines is 1. The molecule has 2 rings (SSSR count). The Labute approximate surface area is 169 Å². The molecule has 29 heavy (non-hydrogen) atoms. The third-order valence-electron chi connectivity index (χ3n) is 3.76. The van der Waals surface area contributed by atoms with Crippen LogP contribution in [-0.2, 0) is 9.53 Å². The minimum absolute atomic E-state index is 0.0398. The number of hydrogen-bond donors (Lipinski definition) is 1. The summed E-state index contributed by atoms with van der Waals surface area (Å²) < 4.78 is 26.3. The highest BCUT2D eigenvalue weighted by Crippen LogP contribution is 2.30. The average molecular weight is 403 g/mol. The largest absolute Gasteiger partial charge is 0.493 e. The van der Waals surface area contributed by atoms with E-state index in [1.807, 2.05) is 13.8 Å². The molecule has 0 fully saturated rings. The second-order valence-electron chi connectivity index (χ2n) is 6.23. The second kappa shape index (κ2) is 10.2. The fourth-order valence-corrected chi connectivity index (χ4v) is 2.47. The Kier molecular flexibility index (Phi) is 7.70. The topological polar surface area (TPSA) is 92.3 Å². The predicted octanol–water partition coefficient (Wildman–Crippen LogP) is 3.30. The highest BCUT2D eigenvalue weighted by Gasteiger charge is 2.15. The molecule has 0 aliphatic rings. The van der Waals surface area contributed by atoms with Crippen molar-refractivity contribution in [3.05, 3.63) is 42.0 Å². The normalized spacial score (nSPS) is 10.3. The van der Waals surface area contributed by atoms with Gasteiger partial charge in [0.2, 0.25) is 0 Å². The molecule has 0 aromatic heterocycles. The van der Waals surface area contributed by atoms with Crippen molar-refractivity contribution in [1.82, 2.24) is 0 Å². The molecule has 8 heteroatoms. The number of ether oxygens (including phenoxy) is 5. The van der Waals surface area contributed by atoms with Crippen LogP contribution in [-0.4, -0.2) is 45.9 Å². The standard InChI is InChI=1S/C21H25NO7/c1-13(2)29-17-8-6-14(10-18(17)26-4)21(24)28-12-20(23)22-15-7-9-16(25-3)19(11-15)27-5/h6-11,13H,12H2,1-5H3,(H,22,23). The summed E-state index contributed by atoms with van der Waals surface area (Å²) in [5.41, 5.74) is 0.734. The molecular weight excluding hydrogens is 378 g/mol. The SMILES string of the molecule is COc1ccc(NC(=O)COC(=O)c2ccc(OC(C)C)c(OC)c2)cc1OC. The van der Waals surface area contributed by atoms with E-state index in [0.29, 0.717) is 28.7 Å². The first kappa shape index (κ1) is 21.9. The van der Waals surface area contributed by atoms with E-state index in [2.05, 4.69) is 5.32 Å². The Bertz CT molecular complexity index is 864. The van der Waals surface area contributed by atoms with E-state index in [1.54, 1.807) is 30.3 Å².